The summed E-state index contributed by atoms with van der Waals surface area (Å²) in [7, 11) is 1.59. The summed E-state index contributed by atoms with van der Waals surface area (Å²) in [5.41, 5.74) is 6.37. The van der Waals surface area contributed by atoms with Crippen LogP contribution in [0.5, 0.6) is 5.75 Å². The Balaban J connectivity index is 0.00000169. The van der Waals surface area contributed by atoms with Gasteiger partial charge in [0.05, 0.1) is 12.1 Å². The molecule has 14 heavy (non-hydrogen) atoms. The van der Waals surface area contributed by atoms with Gasteiger partial charge in [0, 0.05) is 6.54 Å². The maximum absolute atomic E-state index is 5.86. The monoisotopic (exact) mass is 233 g/mol. The molecule has 1 aromatic rings. The van der Waals surface area contributed by atoms with Crippen molar-refractivity contribution in [2.75, 3.05) is 13.7 Å². The molecule has 0 amide bonds. The molecule has 0 fully saturated rings. The molecule has 0 radical (unpaired) electrons. The van der Waals surface area contributed by atoms with Crippen molar-refractivity contribution in [3.8, 4) is 5.75 Å². The first kappa shape index (κ1) is 13.3. The molecule has 0 saturated carbocycles. The second-order valence-electron chi connectivity index (χ2n) is 2.53. The van der Waals surface area contributed by atoms with Gasteiger partial charge in [0.25, 0.3) is 0 Å². The molecule has 78 valence electrons. The Kier molecular flexibility index (Phi) is 6.37. The number of benzene rings is 1. The summed E-state index contributed by atoms with van der Waals surface area (Å²) in [5.74, 6) is 0.681. The minimum absolute atomic E-state index is 0. The fourth-order valence-electron chi connectivity index (χ4n) is 0.984. The van der Waals surface area contributed by atoms with Crippen LogP contribution in [0.1, 0.15) is 5.56 Å². The van der Waals surface area contributed by atoms with Crippen LogP contribution in [0.3, 0.4) is 0 Å². The van der Waals surface area contributed by atoms with Crippen molar-refractivity contribution in [2.24, 2.45) is 5.73 Å². The fraction of sp³-hybridized carbons (Fsp3) is 0.200. The molecule has 4 heteroatoms. The molecule has 1 aromatic carbocycles. The Labute approximate surface area is 95.1 Å². The number of ether oxygens (including phenoxy) is 1. The van der Waals surface area contributed by atoms with Crippen LogP contribution in [0, 0.1) is 0 Å². The predicted octanol–water partition coefficient (Wildman–Crippen LogP) is 2.74. The van der Waals surface area contributed by atoms with E-state index in [0.29, 0.717) is 17.3 Å². The van der Waals surface area contributed by atoms with Gasteiger partial charge in [-0.25, -0.2) is 0 Å². The lowest BCUT2D eigenvalue weighted by atomic mass is 10.2. The van der Waals surface area contributed by atoms with E-state index in [9.17, 15) is 0 Å². The summed E-state index contributed by atoms with van der Waals surface area (Å²) in [5, 5.41) is 0.618. The second kappa shape index (κ2) is 6.71. The molecule has 0 saturated heterocycles. The van der Waals surface area contributed by atoms with Gasteiger partial charge in [-0.3, -0.25) is 0 Å². The molecular weight excluding hydrogens is 221 g/mol. The number of methoxy groups -OCH3 is 1. The molecule has 0 aromatic heterocycles. The zero-order valence-corrected chi connectivity index (χ0v) is 9.44. The highest BCUT2D eigenvalue weighted by Gasteiger charge is 1.98. The molecule has 0 aliphatic heterocycles. The second-order valence-corrected chi connectivity index (χ2v) is 2.94. The highest BCUT2D eigenvalue weighted by atomic mass is 35.5. The minimum atomic E-state index is 0. The summed E-state index contributed by atoms with van der Waals surface area (Å²) in [6.45, 7) is 0.533. The molecule has 0 spiro atoms. The van der Waals surface area contributed by atoms with Gasteiger partial charge in [0.2, 0.25) is 0 Å². The van der Waals surface area contributed by atoms with Gasteiger partial charge < -0.3 is 10.5 Å². The van der Waals surface area contributed by atoms with Crippen LogP contribution in [-0.2, 0) is 0 Å². The van der Waals surface area contributed by atoms with Gasteiger partial charge in [-0.1, -0.05) is 29.8 Å². The van der Waals surface area contributed by atoms with Crippen LogP contribution >= 0.6 is 24.0 Å². The van der Waals surface area contributed by atoms with Crippen LogP contribution in [0.25, 0.3) is 6.08 Å². The van der Waals surface area contributed by atoms with E-state index < -0.39 is 0 Å². The third kappa shape index (κ3) is 3.58. The molecule has 1 rings (SSSR count). The van der Waals surface area contributed by atoms with Gasteiger partial charge in [-0.2, -0.15) is 0 Å². The fourth-order valence-corrected chi connectivity index (χ4v) is 1.18. The van der Waals surface area contributed by atoms with E-state index in [0.717, 1.165) is 5.56 Å². The SMILES string of the molecule is COc1cc(/C=C/CN)ccc1Cl.Cl. The molecule has 0 atom stereocenters. The zero-order chi connectivity index (χ0) is 9.68. The first-order valence-corrected chi connectivity index (χ1v) is 4.36. The van der Waals surface area contributed by atoms with E-state index in [1.54, 1.807) is 13.2 Å². The molecule has 2 nitrogen and oxygen atoms in total. The summed E-state index contributed by atoms with van der Waals surface area (Å²) < 4.78 is 5.07. The van der Waals surface area contributed by atoms with Crippen LogP contribution in [0.4, 0.5) is 0 Å². The van der Waals surface area contributed by atoms with Gasteiger partial charge in [0.15, 0.2) is 0 Å². The Bertz CT molecular complexity index is 313. The summed E-state index contributed by atoms with van der Waals surface area (Å²) in [4.78, 5) is 0. The van der Waals surface area contributed by atoms with Gasteiger partial charge in [0.1, 0.15) is 5.75 Å². The Morgan fingerprint density at radius 3 is 2.79 bits per heavy atom. The van der Waals surface area contributed by atoms with Crippen molar-refractivity contribution < 1.29 is 4.74 Å². The third-order valence-corrected chi connectivity index (χ3v) is 1.93. The first-order valence-electron chi connectivity index (χ1n) is 3.98. The molecule has 0 bridgehead atoms. The third-order valence-electron chi connectivity index (χ3n) is 1.62. The van der Waals surface area contributed by atoms with E-state index in [4.69, 9.17) is 22.1 Å². The highest BCUT2D eigenvalue weighted by Crippen LogP contribution is 2.25. The largest absolute Gasteiger partial charge is 0.495 e. The Hall–Kier alpha value is -0.700. The van der Waals surface area contributed by atoms with Gasteiger partial charge >= 0.3 is 0 Å². The number of halogens is 2. The first-order chi connectivity index (χ1) is 6.27. The van der Waals surface area contributed by atoms with Crippen molar-refractivity contribution >= 4 is 30.1 Å². The number of nitrogens with two attached hydrogens (primary N) is 1. The van der Waals surface area contributed by atoms with E-state index in [-0.39, 0.29) is 12.4 Å². The quantitative estimate of drug-likeness (QED) is 0.872. The van der Waals surface area contributed by atoms with Gasteiger partial charge in [-0.05, 0) is 17.7 Å². The Morgan fingerprint density at radius 1 is 1.50 bits per heavy atom. The van der Waals surface area contributed by atoms with Crippen molar-refractivity contribution in [1.29, 1.82) is 0 Å². The molecule has 0 heterocycles. The maximum Gasteiger partial charge on any atom is 0.138 e. The van der Waals surface area contributed by atoms with Crippen LogP contribution in [0.15, 0.2) is 24.3 Å². The van der Waals surface area contributed by atoms with E-state index in [2.05, 4.69) is 0 Å². The lowest BCUT2D eigenvalue weighted by Gasteiger charge is -2.03. The summed E-state index contributed by atoms with van der Waals surface area (Å²) in [6.07, 6.45) is 3.81. The van der Waals surface area contributed by atoms with Gasteiger partial charge in [-0.15, -0.1) is 12.4 Å². The lowest BCUT2D eigenvalue weighted by molar-refractivity contribution is 0.415. The van der Waals surface area contributed by atoms with Crippen molar-refractivity contribution in [3.05, 3.63) is 34.9 Å². The molecule has 2 N–H and O–H groups in total. The van der Waals surface area contributed by atoms with E-state index in [1.807, 2.05) is 24.3 Å². The van der Waals surface area contributed by atoms with Crippen LogP contribution in [0.2, 0.25) is 5.02 Å². The summed E-state index contributed by atoms with van der Waals surface area (Å²) >= 11 is 5.86. The number of hydrogen-bond acceptors (Lipinski definition) is 2. The zero-order valence-electron chi connectivity index (χ0n) is 7.87. The minimum Gasteiger partial charge on any atom is -0.495 e. The molecule has 0 aliphatic carbocycles. The Morgan fingerprint density at radius 2 is 2.21 bits per heavy atom. The number of rotatable bonds is 3. The predicted molar refractivity (Wildman–Crippen MR) is 63.3 cm³/mol. The summed E-state index contributed by atoms with van der Waals surface area (Å²) in [6, 6.07) is 5.59. The topological polar surface area (TPSA) is 35.2 Å². The highest BCUT2D eigenvalue weighted by molar-refractivity contribution is 6.32. The lowest BCUT2D eigenvalue weighted by Crippen LogP contribution is -1.92. The van der Waals surface area contributed by atoms with E-state index in [1.165, 1.54) is 0 Å². The van der Waals surface area contributed by atoms with E-state index >= 15 is 0 Å². The normalized spacial score (nSPS) is 9.93. The van der Waals surface area contributed by atoms with Crippen LogP contribution < -0.4 is 10.5 Å². The van der Waals surface area contributed by atoms with Crippen molar-refractivity contribution in [2.45, 2.75) is 0 Å². The molecule has 0 aliphatic rings. The van der Waals surface area contributed by atoms with Crippen molar-refractivity contribution in [1.82, 2.24) is 0 Å². The maximum atomic E-state index is 5.86. The molecule has 0 unspecified atom stereocenters. The molecular formula is C10H13Cl2NO. The average molecular weight is 234 g/mol. The smallest absolute Gasteiger partial charge is 0.138 e. The standard InChI is InChI=1S/C10H12ClNO.ClH/c1-13-10-7-8(3-2-6-12)4-5-9(10)11;/h2-5,7H,6,12H2,1H3;1H/b3-2+;. The number of hydrogen-bond donors (Lipinski definition) is 1. The van der Waals surface area contributed by atoms with Crippen molar-refractivity contribution in [3.63, 3.8) is 0 Å². The average Bonchev–Trinajstić information content (AvgIpc) is 2.16. The van der Waals surface area contributed by atoms with Crippen LogP contribution in [-0.4, -0.2) is 13.7 Å².